The molecular weight excluding hydrogens is 374 g/mol. The summed E-state index contributed by atoms with van der Waals surface area (Å²) in [7, 11) is 0. The Labute approximate surface area is 173 Å². The second kappa shape index (κ2) is 7.67. The summed E-state index contributed by atoms with van der Waals surface area (Å²) in [5.41, 5.74) is 5.26. The van der Waals surface area contributed by atoms with Gasteiger partial charge >= 0.3 is 0 Å². The van der Waals surface area contributed by atoms with Crippen LogP contribution in [0.2, 0.25) is 0 Å². The highest BCUT2D eigenvalue weighted by Gasteiger charge is 2.07. The Bertz CT molecular complexity index is 1280. The number of oxazole rings is 1. The molecule has 6 nitrogen and oxygen atoms in total. The van der Waals surface area contributed by atoms with E-state index in [2.05, 4.69) is 25.6 Å². The Morgan fingerprint density at radius 1 is 0.700 bits per heavy atom. The molecule has 0 bridgehead atoms. The summed E-state index contributed by atoms with van der Waals surface area (Å²) in [6.45, 7) is 1.89. The third-order valence-corrected chi connectivity index (χ3v) is 4.59. The maximum Gasteiger partial charge on any atom is 0.300 e. The highest BCUT2D eigenvalue weighted by molar-refractivity contribution is 5.75. The van der Waals surface area contributed by atoms with Gasteiger partial charge in [-0.3, -0.25) is 0 Å². The minimum Gasteiger partial charge on any atom is -0.423 e. The maximum absolute atomic E-state index is 5.75. The van der Waals surface area contributed by atoms with Gasteiger partial charge in [-0.15, -0.1) is 0 Å². The van der Waals surface area contributed by atoms with E-state index < -0.39 is 0 Å². The number of fused-ring (bicyclic) bond motifs is 1. The highest BCUT2D eigenvalue weighted by atomic mass is 16.4. The van der Waals surface area contributed by atoms with Crippen molar-refractivity contribution in [2.75, 3.05) is 10.6 Å². The number of nitrogens with one attached hydrogen (secondary N) is 2. The Morgan fingerprint density at radius 3 is 2.30 bits per heavy atom. The molecule has 0 unspecified atom stereocenters. The lowest BCUT2D eigenvalue weighted by atomic mass is 10.1. The standard InChI is InChI=1S/C24H19N5O/c1-16-25-21(17-8-3-2-4-9-17)15-23(26-16)27-18-10-7-11-19(14-18)28-24-29-20-12-5-6-13-22(20)30-24/h2-15H,1H3,(H,28,29)(H,25,26,27). The fourth-order valence-corrected chi connectivity index (χ4v) is 3.26. The third-order valence-electron chi connectivity index (χ3n) is 4.59. The third kappa shape index (κ3) is 3.84. The van der Waals surface area contributed by atoms with Crippen molar-refractivity contribution in [3.63, 3.8) is 0 Å². The first-order chi connectivity index (χ1) is 14.7. The molecule has 5 rings (SSSR count). The van der Waals surface area contributed by atoms with Crippen molar-refractivity contribution in [3.8, 4) is 11.3 Å². The summed E-state index contributed by atoms with van der Waals surface area (Å²) < 4.78 is 5.75. The molecule has 0 fully saturated rings. The van der Waals surface area contributed by atoms with Crippen molar-refractivity contribution in [2.45, 2.75) is 6.92 Å². The number of rotatable bonds is 5. The molecule has 0 aliphatic carbocycles. The first-order valence-corrected chi connectivity index (χ1v) is 9.64. The Morgan fingerprint density at radius 2 is 1.47 bits per heavy atom. The van der Waals surface area contributed by atoms with Crippen molar-refractivity contribution in [2.24, 2.45) is 0 Å². The summed E-state index contributed by atoms with van der Waals surface area (Å²) in [4.78, 5) is 13.5. The lowest BCUT2D eigenvalue weighted by Gasteiger charge is -2.10. The van der Waals surface area contributed by atoms with E-state index in [9.17, 15) is 0 Å². The van der Waals surface area contributed by atoms with Gasteiger partial charge in [0.2, 0.25) is 0 Å². The molecular formula is C24H19N5O. The van der Waals surface area contributed by atoms with Gasteiger partial charge in [0.05, 0.1) is 5.69 Å². The van der Waals surface area contributed by atoms with E-state index in [0.717, 1.165) is 39.5 Å². The van der Waals surface area contributed by atoms with Crippen LogP contribution in [0, 0.1) is 6.92 Å². The van der Waals surface area contributed by atoms with Gasteiger partial charge in [0.1, 0.15) is 17.2 Å². The minimum atomic E-state index is 0.456. The number of hydrogen-bond acceptors (Lipinski definition) is 6. The number of anilines is 4. The molecule has 0 spiro atoms. The molecule has 6 heteroatoms. The summed E-state index contributed by atoms with van der Waals surface area (Å²) in [5.74, 6) is 1.44. The van der Waals surface area contributed by atoms with Crippen LogP contribution in [-0.2, 0) is 0 Å². The number of para-hydroxylation sites is 2. The number of aromatic nitrogens is 3. The van der Waals surface area contributed by atoms with E-state index >= 15 is 0 Å². The molecule has 2 heterocycles. The van der Waals surface area contributed by atoms with E-state index in [-0.39, 0.29) is 0 Å². The van der Waals surface area contributed by atoms with Crippen LogP contribution in [0.4, 0.5) is 23.2 Å². The number of aryl methyl sites for hydroxylation is 1. The minimum absolute atomic E-state index is 0.456. The van der Waals surface area contributed by atoms with Gasteiger partial charge in [0.15, 0.2) is 5.58 Å². The van der Waals surface area contributed by atoms with Crippen molar-refractivity contribution >= 4 is 34.3 Å². The van der Waals surface area contributed by atoms with Crippen LogP contribution < -0.4 is 10.6 Å². The second-order valence-corrected chi connectivity index (χ2v) is 6.87. The number of nitrogens with zero attached hydrogens (tertiary/aromatic N) is 3. The van der Waals surface area contributed by atoms with Gasteiger partial charge in [0.25, 0.3) is 6.01 Å². The number of benzene rings is 3. The predicted octanol–water partition coefficient (Wildman–Crippen LogP) is 6.08. The lowest BCUT2D eigenvalue weighted by molar-refractivity contribution is 0.623. The molecule has 0 aliphatic rings. The second-order valence-electron chi connectivity index (χ2n) is 6.87. The molecule has 2 aromatic heterocycles. The molecule has 2 N–H and O–H groups in total. The van der Waals surface area contributed by atoms with E-state index in [1.165, 1.54) is 0 Å². The van der Waals surface area contributed by atoms with Crippen molar-refractivity contribution < 1.29 is 4.42 Å². The van der Waals surface area contributed by atoms with Crippen molar-refractivity contribution in [1.82, 2.24) is 15.0 Å². The quantitative estimate of drug-likeness (QED) is 0.377. The Kier molecular flexibility index (Phi) is 4.57. The fourth-order valence-electron chi connectivity index (χ4n) is 3.26. The fraction of sp³-hybridized carbons (Fsp3) is 0.0417. The van der Waals surface area contributed by atoms with Gasteiger partial charge in [-0.1, -0.05) is 48.5 Å². The van der Waals surface area contributed by atoms with Crippen LogP contribution in [-0.4, -0.2) is 15.0 Å². The zero-order valence-corrected chi connectivity index (χ0v) is 16.3. The van der Waals surface area contributed by atoms with Gasteiger partial charge in [0, 0.05) is 23.0 Å². The first-order valence-electron chi connectivity index (χ1n) is 9.64. The predicted molar refractivity (Wildman–Crippen MR) is 119 cm³/mol. The van der Waals surface area contributed by atoms with Gasteiger partial charge in [-0.2, -0.15) is 4.98 Å². The van der Waals surface area contributed by atoms with Crippen LogP contribution in [0.3, 0.4) is 0 Å². The largest absolute Gasteiger partial charge is 0.423 e. The monoisotopic (exact) mass is 393 g/mol. The molecule has 0 saturated heterocycles. The molecule has 0 saturated carbocycles. The van der Waals surface area contributed by atoms with E-state index in [0.29, 0.717) is 11.8 Å². The topological polar surface area (TPSA) is 75.9 Å². The SMILES string of the molecule is Cc1nc(Nc2cccc(Nc3nc4ccccc4o3)c2)cc(-c2ccccc2)n1. The van der Waals surface area contributed by atoms with E-state index in [1.54, 1.807) is 0 Å². The van der Waals surface area contributed by atoms with E-state index in [4.69, 9.17) is 4.42 Å². The van der Waals surface area contributed by atoms with Gasteiger partial charge in [-0.25, -0.2) is 9.97 Å². The molecule has 3 aromatic carbocycles. The van der Waals surface area contributed by atoms with Crippen LogP contribution in [0.15, 0.2) is 89.3 Å². The Balaban J connectivity index is 1.39. The highest BCUT2D eigenvalue weighted by Crippen LogP contribution is 2.26. The van der Waals surface area contributed by atoms with Crippen LogP contribution in [0.25, 0.3) is 22.4 Å². The zero-order chi connectivity index (χ0) is 20.3. The van der Waals surface area contributed by atoms with Gasteiger partial charge < -0.3 is 15.1 Å². The van der Waals surface area contributed by atoms with Crippen LogP contribution >= 0.6 is 0 Å². The molecule has 146 valence electrons. The smallest absolute Gasteiger partial charge is 0.300 e. The Hall–Kier alpha value is -4.19. The van der Waals surface area contributed by atoms with Gasteiger partial charge in [-0.05, 0) is 37.3 Å². The van der Waals surface area contributed by atoms with Crippen LogP contribution in [0.5, 0.6) is 0 Å². The van der Waals surface area contributed by atoms with Crippen molar-refractivity contribution in [1.29, 1.82) is 0 Å². The van der Waals surface area contributed by atoms with Crippen LogP contribution in [0.1, 0.15) is 5.82 Å². The summed E-state index contributed by atoms with van der Waals surface area (Å²) in [6.07, 6.45) is 0. The summed E-state index contributed by atoms with van der Waals surface area (Å²) >= 11 is 0. The molecule has 0 aliphatic heterocycles. The number of hydrogen-bond donors (Lipinski definition) is 2. The molecule has 0 amide bonds. The summed E-state index contributed by atoms with van der Waals surface area (Å²) in [6, 6.07) is 28.0. The molecule has 0 radical (unpaired) electrons. The average Bonchev–Trinajstić information content (AvgIpc) is 3.16. The lowest BCUT2D eigenvalue weighted by Crippen LogP contribution is -1.99. The average molecular weight is 393 g/mol. The molecule has 0 atom stereocenters. The summed E-state index contributed by atoms with van der Waals surface area (Å²) in [5, 5.41) is 6.58. The van der Waals surface area contributed by atoms with Crippen molar-refractivity contribution in [3.05, 3.63) is 90.8 Å². The molecule has 30 heavy (non-hydrogen) atoms. The zero-order valence-electron chi connectivity index (χ0n) is 16.3. The molecule has 5 aromatic rings. The first kappa shape index (κ1) is 17.9. The maximum atomic E-state index is 5.75. The van der Waals surface area contributed by atoms with E-state index in [1.807, 2.05) is 91.9 Å². The normalized spacial score (nSPS) is 10.8.